The SMILES string of the molecule is Cc1cc(C(C)NC(O)C(F)(F)F)ccc1C(=O)NCC1COCCN1C(=O)c1ccccc1. The van der Waals surface area contributed by atoms with Crippen molar-refractivity contribution in [3.8, 4) is 0 Å². The first kappa shape index (κ1) is 25.7. The summed E-state index contributed by atoms with van der Waals surface area (Å²) in [4.78, 5) is 27.4. The second-order valence-electron chi connectivity index (χ2n) is 8.21. The summed E-state index contributed by atoms with van der Waals surface area (Å²) < 4.78 is 43.3. The summed E-state index contributed by atoms with van der Waals surface area (Å²) in [5.41, 5.74) is 2.00. The molecule has 0 saturated carbocycles. The monoisotopic (exact) mass is 479 g/mol. The highest BCUT2D eigenvalue weighted by Crippen LogP contribution is 2.23. The molecule has 3 unspecified atom stereocenters. The van der Waals surface area contributed by atoms with Gasteiger partial charge in [0.2, 0.25) is 6.23 Å². The van der Waals surface area contributed by atoms with Gasteiger partial charge in [0.05, 0.1) is 19.3 Å². The number of amides is 2. The Labute approximate surface area is 195 Å². The number of hydrogen-bond donors (Lipinski definition) is 3. The van der Waals surface area contributed by atoms with Gasteiger partial charge < -0.3 is 20.1 Å². The minimum Gasteiger partial charge on any atom is -0.377 e. The Morgan fingerprint density at radius 2 is 1.91 bits per heavy atom. The first-order valence-electron chi connectivity index (χ1n) is 10.9. The number of aliphatic hydroxyl groups excluding tert-OH is 1. The lowest BCUT2D eigenvalue weighted by Crippen LogP contribution is -2.53. The van der Waals surface area contributed by atoms with Gasteiger partial charge in [-0.1, -0.05) is 30.3 Å². The molecule has 2 amide bonds. The average Bonchev–Trinajstić information content (AvgIpc) is 2.82. The fraction of sp³-hybridized carbons (Fsp3) is 0.417. The lowest BCUT2D eigenvalue weighted by molar-refractivity contribution is -0.215. The van der Waals surface area contributed by atoms with Crippen LogP contribution in [0.5, 0.6) is 0 Å². The Bertz CT molecular complexity index is 1000. The van der Waals surface area contributed by atoms with Crippen molar-refractivity contribution in [2.75, 3.05) is 26.3 Å². The number of nitrogens with one attached hydrogen (secondary N) is 2. The van der Waals surface area contributed by atoms with Crippen LogP contribution in [0, 0.1) is 6.92 Å². The van der Waals surface area contributed by atoms with Gasteiger partial charge in [-0.2, -0.15) is 13.2 Å². The summed E-state index contributed by atoms with van der Waals surface area (Å²) in [6, 6.07) is 12.4. The van der Waals surface area contributed by atoms with Gasteiger partial charge in [0.15, 0.2) is 0 Å². The van der Waals surface area contributed by atoms with Crippen LogP contribution < -0.4 is 10.6 Å². The summed E-state index contributed by atoms with van der Waals surface area (Å²) in [6.45, 7) is 4.48. The third-order valence-corrected chi connectivity index (χ3v) is 5.72. The molecule has 3 rings (SSSR count). The van der Waals surface area contributed by atoms with Gasteiger partial charge in [0, 0.05) is 30.3 Å². The predicted molar refractivity (Wildman–Crippen MR) is 119 cm³/mol. The van der Waals surface area contributed by atoms with Crippen LogP contribution in [0.3, 0.4) is 0 Å². The summed E-state index contributed by atoms with van der Waals surface area (Å²) >= 11 is 0. The van der Waals surface area contributed by atoms with Gasteiger partial charge in [-0.25, -0.2) is 0 Å². The maximum Gasteiger partial charge on any atom is 0.427 e. The molecule has 10 heteroatoms. The molecule has 0 bridgehead atoms. The number of alkyl halides is 3. The van der Waals surface area contributed by atoms with Crippen molar-refractivity contribution in [3.05, 3.63) is 70.8 Å². The van der Waals surface area contributed by atoms with E-state index in [1.807, 2.05) is 6.07 Å². The minimum absolute atomic E-state index is 0.133. The summed E-state index contributed by atoms with van der Waals surface area (Å²) in [5, 5.41) is 14.1. The van der Waals surface area contributed by atoms with E-state index in [0.29, 0.717) is 42.0 Å². The smallest absolute Gasteiger partial charge is 0.377 e. The molecule has 1 fully saturated rings. The quantitative estimate of drug-likeness (QED) is 0.532. The van der Waals surface area contributed by atoms with E-state index in [4.69, 9.17) is 4.74 Å². The third-order valence-electron chi connectivity index (χ3n) is 5.72. The molecule has 0 aromatic heterocycles. The molecule has 1 heterocycles. The van der Waals surface area contributed by atoms with Crippen LogP contribution in [0.1, 0.15) is 44.8 Å². The van der Waals surface area contributed by atoms with Crippen LogP contribution >= 0.6 is 0 Å². The molecule has 34 heavy (non-hydrogen) atoms. The van der Waals surface area contributed by atoms with Crippen LogP contribution in [0.2, 0.25) is 0 Å². The van der Waals surface area contributed by atoms with E-state index in [9.17, 15) is 27.9 Å². The topological polar surface area (TPSA) is 90.9 Å². The number of aryl methyl sites for hydroxylation is 1. The predicted octanol–water partition coefficient (Wildman–Crippen LogP) is 2.80. The number of benzene rings is 2. The standard InChI is InChI=1S/C24H28F3N3O4/c1-15-12-18(16(2)29-23(33)24(25,26)27)8-9-20(15)21(31)28-13-19-14-34-11-10-30(19)22(32)17-6-4-3-5-7-17/h3-9,12,16,19,23,29,33H,10-11,13-14H2,1-2H3,(H,28,31). The molecule has 0 spiro atoms. The number of carbonyl (C=O) groups excluding carboxylic acids is 2. The zero-order chi connectivity index (χ0) is 24.9. The first-order valence-corrected chi connectivity index (χ1v) is 10.9. The van der Waals surface area contributed by atoms with E-state index in [1.165, 1.54) is 19.1 Å². The molecule has 2 aromatic carbocycles. The van der Waals surface area contributed by atoms with Crippen LogP contribution in [0.15, 0.2) is 48.5 Å². The number of ether oxygens (including phenoxy) is 1. The van der Waals surface area contributed by atoms with E-state index < -0.39 is 18.4 Å². The van der Waals surface area contributed by atoms with E-state index in [2.05, 4.69) is 10.6 Å². The average molecular weight is 479 g/mol. The second-order valence-corrected chi connectivity index (χ2v) is 8.21. The van der Waals surface area contributed by atoms with Gasteiger partial charge in [-0.3, -0.25) is 14.9 Å². The maximum absolute atomic E-state index is 12.9. The summed E-state index contributed by atoms with van der Waals surface area (Å²) in [5.74, 6) is -0.496. The van der Waals surface area contributed by atoms with Gasteiger partial charge in [-0.05, 0) is 43.2 Å². The van der Waals surface area contributed by atoms with E-state index >= 15 is 0 Å². The number of carbonyl (C=O) groups is 2. The molecule has 2 aromatic rings. The molecule has 1 aliphatic heterocycles. The number of morpholine rings is 1. The van der Waals surface area contributed by atoms with Crippen LogP contribution in [0.4, 0.5) is 13.2 Å². The van der Waals surface area contributed by atoms with Crippen molar-refractivity contribution in [2.24, 2.45) is 0 Å². The Hall–Kier alpha value is -2.95. The largest absolute Gasteiger partial charge is 0.427 e. The summed E-state index contributed by atoms with van der Waals surface area (Å²) in [7, 11) is 0. The number of hydrogen-bond acceptors (Lipinski definition) is 5. The molecule has 1 aliphatic rings. The van der Waals surface area contributed by atoms with E-state index in [0.717, 1.165) is 0 Å². The van der Waals surface area contributed by atoms with E-state index in [1.54, 1.807) is 42.2 Å². The Morgan fingerprint density at radius 3 is 2.56 bits per heavy atom. The summed E-state index contributed by atoms with van der Waals surface area (Å²) in [6.07, 6.45) is -7.42. The zero-order valence-electron chi connectivity index (χ0n) is 18.9. The van der Waals surface area contributed by atoms with Crippen molar-refractivity contribution in [2.45, 2.75) is 38.3 Å². The van der Waals surface area contributed by atoms with Crippen molar-refractivity contribution in [3.63, 3.8) is 0 Å². The minimum atomic E-state index is -4.78. The van der Waals surface area contributed by atoms with Crippen LogP contribution in [-0.4, -0.2) is 66.6 Å². The normalized spacial score (nSPS) is 18.3. The molecule has 0 radical (unpaired) electrons. The fourth-order valence-corrected chi connectivity index (χ4v) is 3.78. The Morgan fingerprint density at radius 1 is 1.21 bits per heavy atom. The van der Waals surface area contributed by atoms with Gasteiger partial charge in [-0.15, -0.1) is 0 Å². The highest BCUT2D eigenvalue weighted by Gasteiger charge is 2.39. The molecule has 3 atom stereocenters. The highest BCUT2D eigenvalue weighted by molar-refractivity contribution is 5.96. The highest BCUT2D eigenvalue weighted by atomic mass is 19.4. The van der Waals surface area contributed by atoms with Gasteiger partial charge in [0.25, 0.3) is 11.8 Å². The molecule has 3 N–H and O–H groups in total. The first-order chi connectivity index (χ1) is 16.1. The second kappa shape index (κ2) is 11.0. The molecule has 7 nitrogen and oxygen atoms in total. The molecular formula is C24H28F3N3O4. The lowest BCUT2D eigenvalue weighted by atomic mass is 10.0. The van der Waals surface area contributed by atoms with Crippen molar-refractivity contribution < 1.29 is 32.6 Å². The maximum atomic E-state index is 12.9. The fourth-order valence-electron chi connectivity index (χ4n) is 3.78. The van der Waals surface area contributed by atoms with Crippen molar-refractivity contribution in [1.29, 1.82) is 0 Å². The Balaban J connectivity index is 1.63. The zero-order valence-corrected chi connectivity index (χ0v) is 18.9. The number of rotatable bonds is 7. The number of aliphatic hydroxyl groups is 1. The van der Waals surface area contributed by atoms with Crippen LogP contribution in [0.25, 0.3) is 0 Å². The molecule has 0 aliphatic carbocycles. The Kier molecular flexibility index (Phi) is 8.29. The molecular weight excluding hydrogens is 451 g/mol. The third kappa shape index (κ3) is 6.34. The number of nitrogens with zero attached hydrogens (tertiary/aromatic N) is 1. The molecule has 184 valence electrons. The van der Waals surface area contributed by atoms with Crippen molar-refractivity contribution >= 4 is 11.8 Å². The van der Waals surface area contributed by atoms with Gasteiger partial charge in [0.1, 0.15) is 0 Å². The van der Waals surface area contributed by atoms with Crippen LogP contribution in [-0.2, 0) is 4.74 Å². The molecule has 1 saturated heterocycles. The van der Waals surface area contributed by atoms with Gasteiger partial charge >= 0.3 is 6.18 Å². The lowest BCUT2D eigenvalue weighted by Gasteiger charge is -2.35. The van der Waals surface area contributed by atoms with Crippen molar-refractivity contribution in [1.82, 2.24) is 15.5 Å². The number of halogens is 3. The van der Waals surface area contributed by atoms with E-state index in [-0.39, 0.29) is 24.4 Å².